The molecule has 1 aliphatic rings. The van der Waals surface area contributed by atoms with Crippen LogP contribution in [0.5, 0.6) is 0 Å². The van der Waals surface area contributed by atoms with E-state index in [0.29, 0.717) is 11.8 Å². The molecule has 0 bridgehead atoms. The van der Waals surface area contributed by atoms with Crippen molar-refractivity contribution < 1.29 is 9.59 Å². The van der Waals surface area contributed by atoms with Gasteiger partial charge in [0.05, 0.1) is 6.54 Å². The zero-order valence-corrected chi connectivity index (χ0v) is 15.8. The van der Waals surface area contributed by atoms with E-state index < -0.39 is 6.03 Å². The first kappa shape index (κ1) is 19.4. The Kier molecular flexibility index (Phi) is 7.00. The van der Waals surface area contributed by atoms with Gasteiger partial charge in [-0.25, -0.2) is 4.79 Å². The lowest BCUT2D eigenvalue weighted by atomic mass is 9.92. The van der Waals surface area contributed by atoms with E-state index in [-0.39, 0.29) is 24.5 Å². The maximum absolute atomic E-state index is 12.0. The van der Waals surface area contributed by atoms with Crippen LogP contribution in [0.1, 0.15) is 70.0 Å². The van der Waals surface area contributed by atoms with E-state index in [1.807, 2.05) is 0 Å². The zero-order valence-electron chi connectivity index (χ0n) is 15.8. The molecular weight excluding hydrogens is 314 g/mol. The Morgan fingerprint density at radius 1 is 1.08 bits per heavy atom. The fourth-order valence-corrected chi connectivity index (χ4v) is 2.83. The zero-order chi connectivity index (χ0) is 18.4. The van der Waals surface area contributed by atoms with Gasteiger partial charge in [-0.1, -0.05) is 52.0 Å². The Bertz CT molecular complexity index is 579. The topological polar surface area (TPSA) is 70.2 Å². The van der Waals surface area contributed by atoms with Crippen LogP contribution in [0.2, 0.25) is 0 Å². The van der Waals surface area contributed by atoms with Gasteiger partial charge in [0, 0.05) is 12.1 Å². The summed E-state index contributed by atoms with van der Waals surface area (Å²) in [7, 11) is 0. The van der Waals surface area contributed by atoms with Crippen LogP contribution >= 0.6 is 0 Å². The first-order chi connectivity index (χ1) is 11.9. The fourth-order valence-electron chi connectivity index (χ4n) is 2.83. The number of imide groups is 1. The van der Waals surface area contributed by atoms with Gasteiger partial charge in [-0.15, -0.1) is 0 Å². The summed E-state index contributed by atoms with van der Waals surface area (Å²) in [6.07, 6.45) is 3.12. The minimum absolute atomic E-state index is 0.0724. The Morgan fingerprint density at radius 3 is 2.20 bits per heavy atom. The van der Waals surface area contributed by atoms with E-state index in [0.717, 1.165) is 24.8 Å². The molecule has 138 valence electrons. The van der Waals surface area contributed by atoms with Gasteiger partial charge in [0.15, 0.2) is 0 Å². The SMILES string of the molecule is CC[C@@H](C)c1ccc([C@@H](NCC(=O)NC(=O)NC2CC2)C(C)C)cc1. The quantitative estimate of drug-likeness (QED) is 0.675. The van der Waals surface area contributed by atoms with E-state index in [1.165, 1.54) is 5.56 Å². The number of urea groups is 1. The summed E-state index contributed by atoms with van der Waals surface area (Å²) in [6.45, 7) is 8.78. The number of amides is 3. The largest absolute Gasteiger partial charge is 0.335 e. The summed E-state index contributed by atoms with van der Waals surface area (Å²) in [5, 5.41) is 8.41. The van der Waals surface area contributed by atoms with Crippen molar-refractivity contribution in [2.24, 2.45) is 5.92 Å². The average Bonchev–Trinajstić information content (AvgIpc) is 3.38. The van der Waals surface area contributed by atoms with E-state index in [2.05, 4.69) is 67.9 Å². The Morgan fingerprint density at radius 2 is 1.68 bits per heavy atom. The van der Waals surface area contributed by atoms with Gasteiger partial charge < -0.3 is 10.6 Å². The number of hydrogen-bond donors (Lipinski definition) is 3. The summed E-state index contributed by atoms with van der Waals surface area (Å²) in [5.41, 5.74) is 2.50. The number of nitrogens with one attached hydrogen (secondary N) is 3. The van der Waals surface area contributed by atoms with Crippen molar-refractivity contribution in [2.45, 2.75) is 65.0 Å². The molecule has 0 aromatic heterocycles. The molecule has 0 heterocycles. The van der Waals surface area contributed by atoms with E-state index in [1.54, 1.807) is 0 Å². The molecule has 1 fully saturated rings. The fraction of sp³-hybridized carbons (Fsp3) is 0.600. The predicted octanol–water partition coefficient (Wildman–Crippen LogP) is 3.48. The Labute approximate surface area is 151 Å². The third-order valence-corrected chi connectivity index (χ3v) is 4.79. The van der Waals surface area contributed by atoms with Crippen LogP contribution in [0.4, 0.5) is 4.79 Å². The van der Waals surface area contributed by atoms with Crippen molar-refractivity contribution in [1.29, 1.82) is 0 Å². The first-order valence-corrected chi connectivity index (χ1v) is 9.34. The second kappa shape index (κ2) is 8.99. The number of hydrogen-bond acceptors (Lipinski definition) is 3. The van der Waals surface area contributed by atoms with Gasteiger partial charge in [0.2, 0.25) is 5.91 Å². The maximum Gasteiger partial charge on any atom is 0.321 e. The number of carbonyl (C=O) groups excluding carboxylic acids is 2. The molecule has 2 rings (SSSR count). The van der Waals surface area contributed by atoms with Crippen molar-refractivity contribution in [1.82, 2.24) is 16.0 Å². The third kappa shape index (κ3) is 6.16. The summed E-state index contributed by atoms with van der Waals surface area (Å²) in [5.74, 6) is 0.581. The lowest BCUT2D eigenvalue weighted by Gasteiger charge is -2.23. The van der Waals surface area contributed by atoms with Crippen molar-refractivity contribution in [2.75, 3.05) is 6.54 Å². The second-order valence-corrected chi connectivity index (χ2v) is 7.37. The molecule has 0 unspecified atom stereocenters. The molecule has 3 amide bonds. The molecule has 1 aromatic rings. The molecule has 0 aliphatic heterocycles. The molecule has 3 N–H and O–H groups in total. The molecular formula is C20H31N3O2. The molecule has 5 nitrogen and oxygen atoms in total. The average molecular weight is 345 g/mol. The van der Waals surface area contributed by atoms with Gasteiger partial charge in [-0.05, 0) is 42.2 Å². The highest BCUT2D eigenvalue weighted by molar-refractivity contribution is 5.95. The highest BCUT2D eigenvalue weighted by Crippen LogP contribution is 2.25. The third-order valence-electron chi connectivity index (χ3n) is 4.79. The maximum atomic E-state index is 12.0. The van der Waals surface area contributed by atoms with Gasteiger partial charge in [-0.3, -0.25) is 10.1 Å². The van der Waals surface area contributed by atoms with E-state index in [4.69, 9.17) is 0 Å². The van der Waals surface area contributed by atoms with Crippen LogP contribution in [-0.4, -0.2) is 24.5 Å². The molecule has 1 aliphatic carbocycles. The number of benzene rings is 1. The van der Waals surface area contributed by atoms with Crippen LogP contribution in [0.3, 0.4) is 0 Å². The molecule has 1 aromatic carbocycles. The predicted molar refractivity (Wildman–Crippen MR) is 100 cm³/mol. The highest BCUT2D eigenvalue weighted by Gasteiger charge is 2.24. The van der Waals surface area contributed by atoms with E-state index in [9.17, 15) is 9.59 Å². The lowest BCUT2D eigenvalue weighted by Crippen LogP contribution is -2.45. The minimum Gasteiger partial charge on any atom is -0.335 e. The van der Waals surface area contributed by atoms with Gasteiger partial charge >= 0.3 is 6.03 Å². The number of carbonyl (C=O) groups is 2. The second-order valence-electron chi connectivity index (χ2n) is 7.37. The van der Waals surface area contributed by atoms with Gasteiger partial charge in [-0.2, -0.15) is 0 Å². The smallest absolute Gasteiger partial charge is 0.321 e. The van der Waals surface area contributed by atoms with Crippen molar-refractivity contribution in [3.63, 3.8) is 0 Å². The minimum atomic E-state index is -0.395. The molecule has 1 saturated carbocycles. The summed E-state index contributed by atoms with van der Waals surface area (Å²) < 4.78 is 0. The Balaban J connectivity index is 1.89. The molecule has 5 heteroatoms. The van der Waals surface area contributed by atoms with Gasteiger partial charge in [0.25, 0.3) is 0 Å². The summed E-state index contributed by atoms with van der Waals surface area (Å²) >= 11 is 0. The summed E-state index contributed by atoms with van der Waals surface area (Å²) in [4.78, 5) is 23.6. The monoisotopic (exact) mass is 345 g/mol. The van der Waals surface area contributed by atoms with Crippen LogP contribution in [0, 0.1) is 5.92 Å². The molecule has 2 atom stereocenters. The standard InChI is InChI=1S/C20H31N3O2/c1-5-14(4)15-6-8-16(9-7-15)19(13(2)3)21-12-18(24)23-20(25)22-17-10-11-17/h6-9,13-14,17,19,21H,5,10-12H2,1-4H3,(H2,22,23,24,25)/t14-,19+/m1/s1. The van der Waals surface area contributed by atoms with Crippen molar-refractivity contribution >= 4 is 11.9 Å². The molecule has 0 saturated heterocycles. The summed E-state index contributed by atoms with van der Waals surface area (Å²) in [6, 6.07) is 8.53. The van der Waals surface area contributed by atoms with Crippen LogP contribution < -0.4 is 16.0 Å². The van der Waals surface area contributed by atoms with Crippen molar-refractivity contribution in [3.8, 4) is 0 Å². The molecule has 0 radical (unpaired) electrons. The Hall–Kier alpha value is -1.88. The highest BCUT2D eigenvalue weighted by atomic mass is 16.2. The van der Waals surface area contributed by atoms with Crippen LogP contribution in [0.15, 0.2) is 24.3 Å². The molecule has 25 heavy (non-hydrogen) atoms. The lowest BCUT2D eigenvalue weighted by molar-refractivity contribution is -0.119. The number of rotatable bonds is 8. The molecule has 0 spiro atoms. The van der Waals surface area contributed by atoms with Crippen molar-refractivity contribution in [3.05, 3.63) is 35.4 Å². The normalized spacial score (nSPS) is 16.4. The van der Waals surface area contributed by atoms with Gasteiger partial charge in [0.1, 0.15) is 0 Å². The van der Waals surface area contributed by atoms with Crippen LogP contribution in [-0.2, 0) is 4.79 Å². The van der Waals surface area contributed by atoms with E-state index >= 15 is 0 Å². The van der Waals surface area contributed by atoms with Crippen LogP contribution in [0.25, 0.3) is 0 Å². The first-order valence-electron chi connectivity index (χ1n) is 9.34.